The Balaban J connectivity index is 1.68. The summed E-state index contributed by atoms with van der Waals surface area (Å²) < 4.78 is 0. The molecule has 0 amide bonds. The van der Waals surface area contributed by atoms with Gasteiger partial charge in [0.15, 0.2) is 0 Å². The molecular formula is C17H21NO2. The van der Waals surface area contributed by atoms with Crippen molar-refractivity contribution in [2.24, 2.45) is 23.7 Å². The van der Waals surface area contributed by atoms with Crippen LogP contribution in [0.1, 0.15) is 53.9 Å². The van der Waals surface area contributed by atoms with Crippen molar-refractivity contribution in [1.29, 1.82) is 0 Å². The maximum atomic E-state index is 11.1. The highest BCUT2D eigenvalue weighted by Gasteiger charge is 2.48. The lowest BCUT2D eigenvalue weighted by atomic mass is 9.51. The molecule has 4 aliphatic carbocycles. The van der Waals surface area contributed by atoms with Crippen LogP contribution in [0.25, 0.3) is 0 Å². The second-order valence-electron chi connectivity index (χ2n) is 7.11. The SMILES string of the molecule is Nc1cc(C2C3CC4CC(C3)CC2C4)ccc1C(=O)O. The number of hydrogen-bond donors (Lipinski definition) is 2. The molecule has 0 heterocycles. The molecule has 0 spiro atoms. The molecule has 4 fully saturated rings. The average molecular weight is 271 g/mol. The molecule has 4 aliphatic rings. The molecule has 0 aliphatic heterocycles. The van der Waals surface area contributed by atoms with Crippen LogP contribution in [0.5, 0.6) is 0 Å². The third kappa shape index (κ3) is 1.75. The fraction of sp³-hybridized carbons (Fsp3) is 0.588. The molecule has 0 atom stereocenters. The first-order valence-electron chi connectivity index (χ1n) is 7.74. The quantitative estimate of drug-likeness (QED) is 0.809. The largest absolute Gasteiger partial charge is 0.478 e. The number of carbonyl (C=O) groups is 1. The van der Waals surface area contributed by atoms with Crippen LogP contribution in [0.3, 0.4) is 0 Å². The van der Waals surface area contributed by atoms with Gasteiger partial charge in [-0.25, -0.2) is 4.79 Å². The van der Waals surface area contributed by atoms with Gasteiger partial charge in [-0.05, 0) is 79.4 Å². The van der Waals surface area contributed by atoms with E-state index in [1.54, 1.807) is 6.07 Å². The summed E-state index contributed by atoms with van der Waals surface area (Å²) in [7, 11) is 0. The van der Waals surface area contributed by atoms with Crippen LogP contribution in [-0.2, 0) is 0 Å². The van der Waals surface area contributed by atoms with Crippen LogP contribution in [0, 0.1) is 23.7 Å². The van der Waals surface area contributed by atoms with Crippen molar-refractivity contribution in [3.8, 4) is 0 Å². The van der Waals surface area contributed by atoms with Crippen molar-refractivity contribution in [3.05, 3.63) is 29.3 Å². The fourth-order valence-electron chi connectivity index (χ4n) is 5.45. The number of carboxylic acids is 1. The zero-order valence-corrected chi connectivity index (χ0v) is 11.6. The monoisotopic (exact) mass is 271 g/mol. The molecule has 4 bridgehead atoms. The molecule has 1 aromatic rings. The minimum Gasteiger partial charge on any atom is -0.478 e. The number of aromatic carboxylic acids is 1. The highest BCUT2D eigenvalue weighted by Crippen LogP contribution is 2.59. The molecule has 5 rings (SSSR count). The van der Waals surface area contributed by atoms with Crippen LogP contribution in [0.4, 0.5) is 5.69 Å². The first-order valence-corrected chi connectivity index (χ1v) is 7.74. The first-order chi connectivity index (χ1) is 9.61. The smallest absolute Gasteiger partial charge is 0.337 e. The Morgan fingerprint density at radius 2 is 1.65 bits per heavy atom. The van der Waals surface area contributed by atoms with E-state index in [4.69, 9.17) is 10.8 Å². The summed E-state index contributed by atoms with van der Waals surface area (Å²) in [4.78, 5) is 11.1. The number of nitrogens with two attached hydrogens (primary N) is 1. The molecule has 3 N–H and O–H groups in total. The average Bonchev–Trinajstić information content (AvgIpc) is 2.37. The minimum absolute atomic E-state index is 0.234. The van der Waals surface area contributed by atoms with Gasteiger partial charge in [0, 0.05) is 5.69 Å². The van der Waals surface area contributed by atoms with Crippen molar-refractivity contribution >= 4 is 11.7 Å². The highest BCUT2D eigenvalue weighted by molar-refractivity contribution is 5.93. The summed E-state index contributed by atoms with van der Waals surface area (Å²) in [5.41, 5.74) is 7.87. The predicted octanol–water partition coefficient (Wildman–Crippen LogP) is 3.51. The Hall–Kier alpha value is -1.51. The number of benzene rings is 1. The van der Waals surface area contributed by atoms with Crippen LogP contribution in [0.15, 0.2) is 18.2 Å². The Morgan fingerprint density at radius 3 is 2.15 bits per heavy atom. The molecular weight excluding hydrogens is 250 g/mol. The van der Waals surface area contributed by atoms with Gasteiger partial charge in [-0.15, -0.1) is 0 Å². The Morgan fingerprint density at radius 1 is 1.05 bits per heavy atom. The van der Waals surface area contributed by atoms with E-state index in [1.807, 2.05) is 12.1 Å². The Labute approximate surface area is 119 Å². The lowest BCUT2D eigenvalue weighted by molar-refractivity contribution is -0.00276. The molecule has 106 valence electrons. The van der Waals surface area contributed by atoms with Crippen LogP contribution < -0.4 is 5.73 Å². The van der Waals surface area contributed by atoms with Crippen molar-refractivity contribution < 1.29 is 9.90 Å². The van der Waals surface area contributed by atoms with Gasteiger partial charge in [0.1, 0.15) is 0 Å². The molecule has 4 saturated carbocycles. The van der Waals surface area contributed by atoms with Crippen molar-refractivity contribution in [2.45, 2.75) is 38.0 Å². The van der Waals surface area contributed by atoms with Crippen molar-refractivity contribution in [2.75, 3.05) is 5.73 Å². The predicted molar refractivity (Wildman–Crippen MR) is 77.6 cm³/mol. The normalized spacial score (nSPS) is 38.1. The van der Waals surface area contributed by atoms with Crippen molar-refractivity contribution in [3.63, 3.8) is 0 Å². The molecule has 0 unspecified atom stereocenters. The first kappa shape index (κ1) is 12.2. The van der Waals surface area contributed by atoms with Gasteiger partial charge >= 0.3 is 5.97 Å². The van der Waals surface area contributed by atoms with Gasteiger partial charge in [-0.1, -0.05) is 6.07 Å². The second-order valence-corrected chi connectivity index (χ2v) is 7.11. The summed E-state index contributed by atoms with van der Waals surface area (Å²) in [5.74, 6) is 3.23. The number of rotatable bonds is 2. The molecule has 0 aromatic heterocycles. The zero-order valence-electron chi connectivity index (χ0n) is 11.6. The summed E-state index contributed by atoms with van der Waals surface area (Å²) >= 11 is 0. The molecule has 0 radical (unpaired) electrons. The fourth-order valence-corrected chi connectivity index (χ4v) is 5.45. The molecule has 3 heteroatoms. The maximum absolute atomic E-state index is 11.1. The van der Waals surface area contributed by atoms with Gasteiger partial charge in [-0.2, -0.15) is 0 Å². The minimum atomic E-state index is -0.931. The van der Waals surface area contributed by atoms with Gasteiger partial charge in [0.05, 0.1) is 5.56 Å². The van der Waals surface area contributed by atoms with E-state index < -0.39 is 5.97 Å². The highest BCUT2D eigenvalue weighted by atomic mass is 16.4. The van der Waals surface area contributed by atoms with Crippen molar-refractivity contribution in [1.82, 2.24) is 0 Å². The van der Waals surface area contributed by atoms with E-state index in [1.165, 1.54) is 37.7 Å². The summed E-state index contributed by atoms with van der Waals surface area (Å²) in [6.07, 6.45) is 6.95. The van der Waals surface area contributed by atoms with E-state index >= 15 is 0 Å². The number of hydrogen-bond acceptors (Lipinski definition) is 2. The van der Waals surface area contributed by atoms with E-state index in [0.29, 0.717) is 11.6 Å². The Bertz CT molecular complexity index is 538. The number of nitrogen functional groups attached to an aromatic ring is 1. The lowest BCUT2D eigenvalue weighted by Gasteiger charge is -2.54. The van der Waals surface area contributed by atoms with Gasteiger partial charge in [0.2, 0.25) is 0 Å². The maximum Gasteiger partial charge on any atom is 0.337 e. The summed E-state index contributed by atoms with van der Waals surface area (Å²) in [5, 5.41) is 9.09. The van der Waals surface area contributed by atoms with Crippen LogP contribution in [0.2, 0.25) is 0 Å². The summed E-state index contributed by atoms with van der Waals surface area (Å²) in [6, 6.07) is 5.63. The van der Waals surface area contributed by atoms with Gasteiger partial charge < -0.3 is 10.8 Å². The molecule has 1 aromatic carbocycles. The van der Waals surface area contributed by atoms with Crippen LogP contribution >= 0.6 is 0 Å². The van der Waals surface area contributed by atoms with E-state index in [0.717, 1.165) is 23.7 Å². The topological polar surface area (TPSA) is 63.3 Å². The number of carboxylic acid groups (broad SMARTS) is 1. The number of anilines is 1. The second kappa shape index (κ2) is 4.24. The third-order valence-electron chi connectivity index (χ3n) is 5.92. The van der Waals surface area contributed by atoms with E-state index in [9.17, 15) is 4.79 Å². The van der Waals surface area contributed by atoms with E-state index in [-0.39, 0.29) is 5.56 Å². The molecule has 0 saturated heterocycles. The van der Waals surface area contributed by atoms with E-state index in [2.05, 4.69) is 0 Å². The third-order valence-corrected chi connectivity index (χ3v) is 5.92. The van der Waals surface area contributed by atoms with Gasteiger partial charge in [-0.3, -0.25) is 0 Å². The standard InChI is InChI=1S/C17H21NO2/c18-15-8-11(1-2-14(15)17(19)20)16-12-4-9-3-10(6-12)7-13(16)5-9/h1-2,8-10,12-13,16H,3-7,18H2,(H,19,20). The molecule has 20 heavy (non-hydrogen) atoms. The molecule has 3 nitrogen and oxygen atoms in total. The van der Waals surface area contributed by atoms with Gasteiger partial charge in [0.25, 0.3) is 0 Å². The Kier molecular flexibility index (Phi) is 2.60. The lowest BCUT2D eigenvalue weighted by Crippen LogP contribution is -2.43. The zero-order chi connectivity index (χ0) is 13.9. The van der Waals surface area contributed by atoms with Crippen LogP contribution in [-0.4, -0.2) is 11.1 Å². The summed E-state index contributed by atoms with van der Waals surface area (Å²) in [6.45, 7) is 0.